The number of carbonyl (C=O) groups excluding carboxylic acids is 1. The highest BCUT2D eigenvalue weighted by Gasteiger charge is 2.27. The van der Waals surface area contributed by atoms with Crippen molar-refractivity contribution in [1.29, 1.82) is 0 Å². The average molecular weight is 336 g/mol. The minimum absolute atomic E-state index is 0.0119. The topological polar surface area (TPSA) is 49.3 Å². The summed E-state index contributed by atoms with van der Waals surface area (Å²) in [6.07, 6.45) is 9.05. The Morgan fingerprint density at radius 2 is 1.96 bits per heavy atom. The van der Waals surface area contributed by atoms with Crippen LogP contribution in [0.25, 0.3) is 0 Å². The molecule has 1 aromatic heterocycles. The van der Waals surface area contributed by atoms with Crippen LogP contribution in [-0.4, -0.2) is 35.0 Å². The molecular formula is C20H24N4O. The third kappa shape index (κ3) is 2.99. The first kappa shape index (κ1) is 16.1. The number of aromatic nitrogens is 2. The number of piperidine rings is 1. The molecule has 1 saturated heterocycles. The number of anilines is 2. The van der Waals surface area contributed by atoms with Gasteiger partial charge in [0.05, 0.1) is 5.56 Å². The van der Waals surface area contributed by atoms with Crippen molar-refractivity contribution in [1.82, 2.24) is 9.97 Å². The van der Waals surface area contributed by atoms with Crippen LogP contribution >= 0.6 is 0 Å². The quantitative estimate of drug-likeness (QED) is 0.861. The number of rotatable bonds is 3. The molecule has 2 aliphatic heterocycles. The molecule has 3 heterocycles. The zero-order chi connectivity index (χ0) is 17.2. The molecule has 0 radical (unpaired) electrons. The van der Waals surface area contributed by atoms with Gasteiger partial charge in [-0.05, 0) is 43.7 Å². The summed E-state index contributed by atoms with van der Waals surface area (Å²) < 4.78 is 0. The van der Waals surface area contributed by atoms with Crippen LogP contribution < -0.4 is 9.80 Å². The zero-order valence-electron chi connectivity index (χ0n) is 14.7. The van der Waals surface area contributed by atoms with Gasteiger partial charge in [-0.2, -0.15) is 0 Å². The first-order valence-corrected chi connectivity index (χ1v) is 9.26. The highest BCUT2D eigenvalue weighted by molar-refractivity contribution is 6.06. The maximum Gasteiger partial charge on any atom is 0.261 e. The van der Waals surface area contributed by atoms with Crippen molar-refractivity contribution < 1.29 is 4.79 Å². The normalized spacial score (nSPS) is 19.8. The summed E-state index contributed by atoms with van der Waals surface area (Å²) in [4.78, 5) is 26.0. The van der Waals surface area contributed by atoms with E-state index in [0.29, 0.717) is 11.6 Å². The highest BCUT2D eigenvalue weighted by Crippen LogP contribution is 2.29. The third-order valence-electron chi connectivity index (χ3n) is 5.37. The van der Waals surface area contributed by atoms with Crippen LogP contribution in [0.15, 0.2) is 36.7 Å². The highest BCUT2D eigenvalue weighted by atomic mass is 16.2. The average Bonchev–Trinajstić information content (AvgIpc) is 3.11. The second kappa shape index (κ2) is 6.82. The zero-order valence-corrected chi connectivity index (χ0v) is 14.7. The van der Waals surface area contributed by atoms with Crippen molar-refractivity contribution in [3.63, 3.8) is 0 Å². The van der Waals surface area contributed by atoms with Crippen molar-refractivity contribution in [3.05, 3.63) is 47.8 Å². The summed E-state index contributed by atoms with van der Waals surface area (Å²) in [5.74, 6) is 0.743. The van der Waals surface area contributed by atoms with E-state index in [-0.39, 0.29) is 5.91 Å². The first-order chi connectivity index (χ1) is 12.3. The van der Waals surface area contributed by atoms with Gasteiger partial charge in [-0.1, -0.05) is 25.1 Å². The van der Waals surface area contributed by atoms with E-state index >= 15 is 0 Å². The van der Waals surface area contributed by atoms with Crippen LogP contribution in [0.2, 0.25) is 0 Å². The molecule has 1 amide bonds. The number of benzene rings is 1. The van der Waals surface area contributed by atoms with Gasteiger partial charge < -0.3 is 9.80 Å². The Bertz CT molecular complexity index is 759. The standard InChI is InChI=1S/C20H24N4O/c1-2-17-8-5-6-11-23(17)20-21-13-16(14-22-20)19(25)24-12-10-15-7-3-4-9-18(15)24/h3-4,7,9,13-14,17H,2,5-6,8,10-12H2,1H3. The number of fused-ring (bicyclic) bond motifs is 1. The number of hydrogen-bond donors (Lipinski definition) is 0. The fourth-order valence-electron chi connectivity index (χ4n) is 3.97. The molecule has 0 saturated carbocycles. The molecule has 2 aliphatic rings. The lowest BCUT2D eigenvalue weighted by Gasteiger charge is -2.35. The van der Waals surface area contributed by atoms with E-state index in [1.807, 2.05) is 23.1 Å². The summed E-state index contributed by atoms with van der Waals surface area (Å²) in [5.41, 5.74) is 2.80. The Balaban J connectivity index is 1.53. The summed E-state index contributed by atoms with van der Waals surface area (Å²) in [7, 11) is 0. The molecule has 0 aliphatic carbocycles. The van der Waals surface area contributed by atoms with Gasteiger partial charge in [0.15, 0.2) is 0 Å². The van der Waals surface area contributed by atoms with E-state index in [1.165, 1.54) is 24.8 Å². The van der Waals surface area contributed by atoms with Crippen molar-refractivity contribution in [3.8, 4) is 0 Å². The van der Waals surface area contributed by atoms with Crippen LogP contribution in [0.4, 0.5) is 11.6 Å². The van der Waals surface area contributed by atoms with E-state index < -0.39 is 0 Å². The largest absolute Gasteiger partial charge is 0.338 e. The minimum atomic E-state index is -0.0119. The fourth-order valence-corrected chi connectivity index (χ4v) is 3.97. The fraction of sp³-hybridized carbons (Fsp3) is 0.450. The Morgan fingerprint density at radius 1 is 1.16 bits per heavy atom. The minimum Gasteiger partial charge on any atom is -0.338 e. The third-order valence-corrected chi connectivity index (χ3v) is 5.37. The summed E-state index contributed by atoms with van der Waals surface area (Å²) in [6, 6.07) is 8.61. The van der Waals surface area contributed by atoms with Crippen LogP contribution in [0, 0.1) is 0 Å². The van der Waals surface area contributed by atoms with E-state index in [1.54, 1.807) is 12.4 Å². The van der Waals surface area contributed by atoms with E-state index in [4.69, 9.17) is 0 Å². The van der Waals surface area contributed by atoms with Crippen molar-refractivity contribution in [2.24, 2.45) is 0 Å². The predicted octanol–water partition coefficient (Wildman–Crippen LogP) is 3.45. The van der Waals surface area contributed by atoms with Gasteiger partial charge in [-0.15, -0.1) is 0 Å². The maximum absolute atomic E-state index is 12.9. The molecule has 0 spiro atoms. The van der Waals surface area contributed by atoms with Gasteiger partial charge in [-0.3, -0.25) is 4.79 Å². The summed E-state index contributed by atoms with van der Waals surface area (Å²) >= 11 is 0. The Labute approximate surface area is 148 Å². The van der Waals surface area contributed by atoms with Crippen molar-refractivity contribution >= 4 is 17.5 Å². The summed E-state index contributed by atoms with van der Waals surface area (Å²) in [5, 5.41) is 0. The second-order valence-electron chi connectivity index (χ2n) is 6.86. The lowest BCUT2D eigenvalue weighted by Crippen LogP contribution is -2.40. The molecule has 130 valence electrons. The molecule has 2 aromatic rings. The van der Waals surface area contributed by atoms with E-state index in [9.17, 15) is 4.79 Å². The number of para-hydroxylation sites is 1. The van der Waals surface area contributed by atoms with Gasteiger partial charge in [0.2, 0.25) is 5.95 Å². The van der Waals surface area contributed by atoms with Crippen molar-refractivity contribution in [2.75, 3.05) is 22.9 Å². The molecule has 4 rings (SSSR count). The number of nitrogens with zero attached hydrogens (tertiary/aromatic N) is 4. The molecular weight excluding hydrogens is 312 g/mol. The van der Waals surface area contributed by atoms with Crippen LogP contribution in [0.1, 0.15) is 48.5 Å². The predicted molar refractivity (Wildman–Crippen MR) is 99.1 cm³/mol. The number of amides is 1. The van der Waals surface area contributed by atoms with Crippen LogP contribution in [-0.2, 0) is 6.42 Å². The Kier molecular flexibility index (Phi) is 4.38. The molecule has 25 heavy (non-hydrogen) atoms. The van der Waals surface area contributed by atoms with E-state index in [0.717, 1.165) is 37.6 Å². The molecule has 1 aromatic carbocycles. The molecule has 1 atom stereocenters. The first-order valence-electron chi connectivity index (χ1n) is 9.26. The Hall–Kier alpha value is -2.43. The maximum atomic E-state index is 12.9. The lowest BCUT2D eigenvalue weighted by atomic mass is 10.0. The smallest absolute Gasteiger partial charge is 0.261 e. The van der Waals surface area contributed by atoms with Gasteiger partial charge in [0.25, 0.3) is 5.91 Å². The second-order valence-corrected chi connectivity index (χ2v) is 6.86. The van der Waals surface area contributed by atoms with Gasteiger partial charge >= 0.3 is 0 Å². The van der Waals surface area contributed by atoms with E-state index in [2.05, 4.69) is 27.9 Å². The van der Waals surface area contributed by atoms with Gasteiger partial charge in [-0.25, -0.2) is 9.97 Å². The molecule has 1 unspecified atom stereocenters. The van der Waals surface area contributed by atoms with Crippen LogP contribution in [0.5, 0.6) is 0 Å². The lowest BCUT2D eigenvalue weighted by molar-refractivity contribution is 0.0988. The van der Waals surface area contributed by atoms with Crippen LogP contribution in [0.3, 0.4) is 0 Å². The Morgan fingerprint density at radius 3 is 2.76 bits per heavy atom. The molecule has 0 N–H and O–H groups in total. The SMILES string of the molecule is CCC1CCCCN1c1ncc(C(=O)N2CCc3ccccc32)cn1. The molecule has 5 nitrogen and oxygen atoms in total. The molecule has 1 fully saturated rings. The summed E-state index contributed by atoms with van der Waals surface area (Å²) in [6.45, 7) is 3.95. The number of hydrogen-bond acceptors (Lipinski definition) is 4. The van der Waals surface area contributed by atoms with Gasteiger partial charge in [0, 0.05) is 37.2 Å². The molecule has 0 bridgehead atoms. The van der Waals surface area contributed by atoms with Gasteiger partial charge in [0.1, 0.15) is 0 Å². The molecule has 5 heteroatoms. The van der Waals surface area contributed by atoms with Crippen molar-refractivity contribution in [2.45, 2.75) is 45.1 Å². The monoisotopic (exact) mass is 336 g/mol. The number of carbonyl (C=O) groups is 1.